The lowest BCUT2D eigenvalue weighted by atomic mass is 10.2. The molecule has 0 saturated carbocycles. The summed E-state index contributed by atoms with van der Waals surface area (Å²) in [6.07, 6.45) is 1.26. The van der Waals surface area contributed by atoms with Crippen molar-refractivity contribution in [3.63, 3.8) is 0 Å². The summed E-state index contributed by atoms with van der Waals surface area (Å²) < 4.78 is 24.0. The predicted molar refractivity (Wildman–Crippen MR) is 130 cm³/mol. The van der Waals surface area contributed by atoms with Crippen molar-refractivity contribution in [1.29, 1.82) is 0 Å². The Morgan fingerprint density at radius 3 is 2.36 bits per heavy atom. The van der Waals surface area contributed by atoms with Crippen LogP contribution in [0, 0.1) is 15.9 Å². The Labute approximate surface area is 205 Å². The number of nitro benzene ring substituents is 1. The fraction of sp³-hybridized carbons (Fsp3) is 0.160. The molecular weight excluding hydrogens is 471 g/mol. The Morgan fingerprint density at radius 2 is 1.69 bits per heavy atom. The van der Waals surface area contributed by atoms with Gasteiger partial charge in [-0.15, -0.1) is 0 Å². The zero-order valence-corrected chi connectivity index (χ0v) is 19.3. The Balaban J connectivity index is 1.49. The minimum atomic E-state index is -0.474. The minimum Gasteiger partial charge on any atom is -0.493 e. The highest BCUT2D eigenvalue weighted by atomic mass is 19.1. The van der Waals surface area contributed by atoms with Gasteiger partial charge < -0.3 is 14.8 Å². The highest BCUT2D eigenvalue weighted by Crippen LogP contribution is 2.28. The van der Waals surface area contributed by atoms with Crippen molar-refractivity contribution in [3.05, 3.63) is 93.8 Å². The van der Waals surface area contributed by atoms with E-state index in [9.17, 15) is 24.1 Å². The fourth-order valence-corrected chi connectivity index (χ4v) is 2.98. The van der Waals surface area contributed by atoms with Crippen molar-refractivity contribution >= 4 is 29.4 Å². The highest BCUT2D eigenvalue weighted by Gasteiger charge is 2.09. The average Bonchev–Trinajstić information content (AvgIpc) is 2.88. The summed E-state index contributed by atoms with van der Waals surface area (Å²) in [7, 11) is 1.49. The first-order valence-corrected chi connectivity index (χ1v) is 10.8. The molecule has 36 heavy (non-hydrogen) atoms. The molecule has 0 aliphatic heterocycles. The van der Waals surface area contributed by atoms with Crippen LogP contribution in [0.1, 0.15) is 24.0 Å². The van der Waals surface area contributed by atoms with Crippen molar-refractivity contribution < 1.29 is 28.4 Å². The maximum Gasteiger partial charge on any atom is 0.269 e. The van der Waals surface area contributed by atoms with Gasteiger partial charge in [-0.3, -0.25) is 19.7 Å². The summed E-state index contributed by atoms with van der Waals surface area (Å²) in [5, 5.41) is 17.2. The second-order valence-electron chi connectivity index (χ2n) is 7.47. The fourth-order valence-electron chi connectivity index (χ4n) is 2.98. The van der Waals surface area contributed by atoms with Gasteiger partial charge in [0.15, 0.2) is 11.5 Å². The molecule has 3 aromatic carbocycles. The number of carbonyl (C=O) groups is 2. The number of non-ortho nitro benzene ring substituents is 1. The standard InChI is InChI=1S/C25H23FN4O6/c1-35-22-11-4-18(14-23(22)36-16-17-2-9-21(10-3-17)30(33)34)15-27-29-25(32)13-12-24(31)28-20-7-5-19(26)6-8-20/h2-11,14-15H,12-13,16H2,1H3,(H,28,31)(H,29,32)/b27-15-. The first-order chi connectivity index (χ1) is 17.3. The molecule has 0 radical (unpaired) electrons. The largest absolute Gasteiger partial charge is 0.493 e. The Bertz CT molecular complexity index is 1250. The van der Waals surface area contributed by atoms with Crippen molar-refractivity contribution in [2.24, 2.45) is 5.10 Å². The van der Waals surface area contributed by atoms with Crippen LogP contribution >= 0.6 is 0 Å². The first-order valence-electron chi connectivity index (χ1n) is 10.8. The third-order valence-electron chi connectivity index (χ3n) is 4.84. The number of halogens is 1. The van der Waals surface area contributed by atoms with E-state index in [1.807, 2.05) is 0 Å². The van der Waals surface area contributed by atoms with Crippen LogP contribution in [0.3, 0.4) is 0 Å². The number of nitrogens with one attached hydrogen (secondary N) is 2. The van der Waals surface area contributed by atoms with Crippen LogP contribution < -0.4 is 20.2 Å². The zero-order chi connectivity index (χ0) is 25.9. The number of nitrogens with zero attached hydrogens (tertiary/aromatic N) is 2. The summed E-state index contributed by atoms with van der Waals surface area (Å²) in [6.45, 7) is 0.158. The molecule has 0 heterocycles. The van der Waals surface area contributed by atoms with Gasteiger partial charge in [-0.05, 0) is 65.7 Å². The molecule has 186 valence electrons. The van der Waals surface area contributed by atoms with Crippen LogP contribution in [-0.4, -0.2) is 30.1 Å². The number of nitro groups is 1. The summed E-state index contributed by atoms with van der Waals surface area (Å²) in [4.78, 5) is 34.2. The van der Waals surface area contributed by atoms with Gasteiger partial charge in [0.2, 0.25) is 11.8 Å². The van der Waals surface area contributed by atoms with Gasteiger partial charge in [-0.25, -0.2) is 9.82 Å². The lowest BCUT2D eigenvalue weighted by Gasteiger charge is -2.11. The summed E-state index contributed by atoms with van der Waals surface area (Å²) >= 11 is 0. The van der Waals surface area contributed by atoms with Gasteiger partial charge in [0.05, 0.1) is 18.2 Å². The van der Waals surface area contributed by atoms with Gasteiger partial charge in [0.25, 0.3) is 5.69 Å². The van der Waals surface area contributed by atoms with E-state index in [1.54, 1.807) is 30.3 Å². The van der Waals surface area contributed by atoms with E-state index >= 15 is 0 Å². The summed E-state index contributed by atoms with van der Waals surface area (Å²) in [6, 6.07) is 16.4. The van der Waals surface area contributed by atoms with Gasteiger partial charge in [-0.1, -0.05) is 0 Å². The smallest absolute Gasteiger partial charge is 0.269 e. The van der Waals surface area contributed by atoms with Crippen molar-refractivity contribution in [1.82, 2.24) is 5.43 Å². The average molecular weight is 494 g/mol. The number of rotatable bonds is 11. The maximum absolute atomic E-state index is 12.9. The minimum absolute atomic E-state index is 0.00917. The second kappa shape index (κ2) is 12.6. The number of benzene rings is 3. The molecule has 0 atom stereocenters. The van der Waals surface area contributed by atoms with Crippen LogP contribution in [0.5, 0.6) is 11.5 Å². The molecule has 0 bridgehead atoms. The molecule has 0 aromatic heterocycles. The highest BCUT2D eigenvalue weighted by molar-refractivity contribution is 5.93. The number of ether oxygens (including phenoxy) is 2. The monoisotopic (exact) mass is 494 g/mol. The molecule has 0 fully saturated rings. The normalized spacial score (nSPS) is 10.6. The third-order valence-corrected chi connectivity index (χ3v) is 4.84. The number of methoxy groups -OCH3 is 1. The molecule has 2 N–H and O–H groups in total. The van der Waals surface area contributed by atoms with E-state index in [0.29, 0.717) is 22.7 Å². The van der Waals surface area contributed by atoms with E-state index in [4.69, 9.17) is 9.47 Å². The SMILES string of the molecule is COc1ccc(/C=N\NC(=O)CCC(=O)Nc2ccc(F)cc2)cc1OCc1ccc([N+](=O)[O-])cc1. The quantitative estimate of drug-likeness (QED) is 0.233. The van der Waals surface area contributed by atoms with E-state index in [-0.39, 0.29) is 31.0 Å². The summed E-state index contributed by atoms with van der Waals surface area (Å²) in [5.74, 6) is -0.353. The Kier molecular flexibility index (Phi) is 9.04. The van der Waals surface area contributed by atoms with E-state index in [1.165, 1.54) is 49.7 Å². The molecule has 0 saturated heterocycles. The molecular formula is C25H23FN4O6. The molecule has 0 spiro atoms. The molecule has 0 aliphatic rings. The number of amides is 2. The topological polar surface area (TPSA) is 132 Å². The molecule has 0 aliphatic carbocycles. The maximum atomic E-state index is 12.9. The number of anilines is 1. The predicted octanol–water partition coefficient (Wildman–Crippen LogP) is 4.19. The second-order valence-corrected chi connectivity index (χ2v) is 7.47. The first kappa shape index (κ1) is 25.8. The van der Waals surface area contributed by atoms with Gasteiger partial charge in [0, 0.05) is 30.7 Å². The van der Waals surface area contributed by atoms with Crippen molar-refractivity contribution in [2.45, 2.75) is 19.4 Å². The molecule has 10 nitrogen and oxygen atoms in total. The van der Waals surface area contributed by atoms with Crippen LogP contribution in [0.25, 0.3) is 0 Å². The van der Waals surface area contributed by atoms with E-state index in [2.05, 4.69) is 15.8 Å². The van der Waals surface area contributed by atoms with Crippen LogP contribution in [0.4, 0.5) is 15.8 Å². The summed E-state index contributed by atoms with van der Waals surface area (Å²) in [5.41, 5.74) is 4.13. The van der Waals surface area contributed by atoms with Crippen molar-refractivity contribution in [3.8, 4) is 11.5 Å². The van der Waals surface area contributed by atoms with Gasteiger partial charge >= 0.3 is 0 Å². The number of hydrogen-bond acceptors (Lipinski definition) is 7. The lowest BCUT2D eigenvalue weighted by molar-refractivity contribution is -0.384. The van der Waals surface area contributed by atoms with Gasteiger partial charge in [0.1, 0.15) is 12.4 Å². The van der Waals surface area contributed by atoms with Crippen molar-refractivity contribution in [2.75, 3.05) is 12.4 Å². The van der Waals surface area contributed by atoms with Crippen LogP contribution in [-0.2, 0) is 16.2 Å². The van der Waals surface area contributed by atoms with Crippen LogP contribution in [0.15, 0.2) is 71.8 Å². The number of hydrazone groups is 1. The number of carbonyl (C=O) groups excluding carboxylic acids is 2. The van der Waals surface area contributed by atoms with Gasteiger partial charge in [-0.2, -0.15) is 5.10 Å². The lowest BCUT2D eigenvalue weighted by Crippen LogP contribution is -2.20. The van der Waals surface area contributed by atoms with Crippen LogP contribution in [0.2, 0.25) is 0 Å². The molecule has 3 aromatic rings. The van der Waals surface area contributed by atoms with E-state index in [0.717, 1.165) is 5.56 Å². The number of hydrogen-bond donors (Lipinski definition) is 2. The molecule has 0 unspecified atom stereocenters. The zero-order valence-electron chi connectivity index (χ0n) is 19.3. The molecule has 11 heteroatoms. The third kappa shape index (κ3) is 7.90. The van der Waals surface area contributed by atoms with E-state index < -0.39 is 16.6 Å². The Morgan fingerprint density at radius 1 is 1.00 bits per heavy atom. The molecule has 3 rings (SSSR count). The Hall–Kier alpha value is -4.80. The molecule has 2 amide bonds.